The summed E-state index contributed by atoms with van der Waals surface area (Å²) in [4.78, 5) is 0.168. The number of sulfonamides is 1. The zero-order chi connectivity index (χ0) is 13.2. The number of benzene rings is 2. The van der Waals surface area contributed by atoms with E-state index in [0.29, 0.717) is 10.2 Å². The normalized spacial score (nSPS) is 11.2. The molecular formula is C12H8Br2NO2S-. The Balaban J connectivity index is 2.33. The lowest BCUT2D eigenvalue weighted by Gasteiger charge is -2.23. The fourth-order valence-corrected chi connectivity index (χ4v) is 3.07. The van der Waals surface area contributed by atoms with Crippen molar-refractivity contribution in [2.45, 2.75) is 4.90 Å². The second kappa shape index (κ2) is 5.42. The van der Waals surface area contributed by atoms with Crippen molar-refractivity contribution in [1.29, 1.82) is 0 Å². The molecule has 0 N–H and O–H groups in total. The SMILES string of the molecule is O=S(=O)([N-]c1ccccc1Br)c1ccc(Br)cc1. The summed E-state index contributed by atoms with van der Waals surface area (Å²) in [5, 5.41) is 0. The van der Waals surface area contributed by atoms with E-state index in [0.717, 1.165) is 4.47 Å². The van der Waals surface area contributed by atoms with Crippen LogP contribution in [0.4, 0.5) is 5.69 Å². The molecular weight excluding hydrogens is 382 g/mol. The van der Waals surface area contributed by atoms with E-state index < -0.39 is 10.0 Å². The summed E-state index contributed by atoms with van der Waals surface area (Å²) >= 11 is 6.53. The van der Waals surface area contributed by atoms with Crippen molar-refractivity contribution < 1.29 is 8.42 Å². The Morgan fingerprint density at radius 2 is 1.50 bits per heavy atom. The number of rotatable bonds is 3. The molecule has 0 bridgehead atoms. The monoisotopic (exact) mass is 388 g/mol. The third kappa shape index (κ3) is 3.13. The first-order valence-corrected chi connectivity index (χ1v) is 8.00. The molecule has 0 spiro atoms. The van der Waals surface area contributed by atoms with Gasteiger partial charge in [0.1, 0.15) is 10.0 Å². The standard InChI is InChI=1S/C12H8Br2NO2S/c13-9-5-7-10(8-6-9)18(16,17)15-12-4-2-1-3-11(12)14/h1-8H/q-1. The summed E-state index contributed by atoms with van der Waals surface area (Å²) in [6.07, 6.45) is 0. The van der Waals surface area contributed by atoms with Crippen LogP contribution < -0.4 is 0 Å². The molecule has 0 aromatic heterocycles. The van der Waals surface area contributed by atoms with Crippen LogP contribution in [0.2, 0.25) is 0 Å². The molecule has 2 rings (SSSR count). The number of halogens is 2. The molecule has 18 heavy (non-hydrogen) atoms. The lowest BCUT2D eigenvalue weighted by Crippen LogP contribution is -1.97. The topological polar surface area (TPSA) is 48.2 Å². The van der Waals surface area contributed by atoms with Crippen molar-refractivity contribution in [3.05, 3.63) is 62.2 Å². The van der Waals surface area contributed by atoms with Crippen LogP contribution in [0.1, 0.15) is 0 Å². The lowest BCUT2D eigenvalue weighted by atomic mass is 10.3. The molecule has 0 radical (unpaired) electrons. The molecule has 0 aliphatic heterocycles. The molecule has 0 saturated heterocycles. The lowest BCUT2D eigenvalue weighted by molar-refractivity contribution is 0.603. The minimum Gasteiger partial charge on any atom is -0.572 e. The van der Waals surface area contributed by atoms with Gasteiger partial charge in [-0.3, -0.25) is 0 Å². The quantitative estimate of drug-likeness (QED) is 0.769. The Kier molecular flexibility index (Phi) is 4.09. The second-order valence-corrected chi connectivity index (χ2v) is 6.85. The first kappa shape index (κ1) is 13.6. The summed E-state index contributed by atoms with van der Waals surface area (Å²) in [6, 6.07) is 13.3. The predicted molar refractivity (Wildman–Crippen MR) is 78.5 cm³/mol. The minimum absolute atomic E-state index is 0.168. The van der Waals surface area contributed by atoms with E-state index in [1.165, 1.54) is 12.1 Å². The third-order valence-corrected chi connectivity index (χ3v) is 4.69. The van der Waals surface area contributed by atoms with Gasteiger partial charge in [-0.2, -0.15) is 0 Å². The van der Waals surface area contributed by atoms with Gasteiger partial charge in [-0.1, -0.05) is 50.1 Å². The Bertz CT molecular complexity index is 654. The molecule has 0 fully saturated rings. The highest BCUT2D eigenvalue weighted by atomic mass is 79.9. The molecule has 94 valence electrons. The number of hydrogen-bond acceptors (Lipinski definition) is 2. The van der Waals surface area contributed by atoms with Crippen molar-refractivity contribution in [2.24, 2.45) is 0 Å². The van der Waals surface area contributed by atoms with Gasteiger partial charge in [0.2, 0.25) is 0 Å². The van der Waals surface area contributed by atoms with Crippen LogP contribution in [0.15, 0.2) is 62.4 Å². The molecule has 2 aromatic carbocycles. The van der Waals surface area contributed by atoms with Crippen LogP contribution in [0.5, 0.6) is 0 Å². The van der Waals surface area contributed by atoms with Crippen molar-refractivity contribution in [1.82, 2.24) is 0 Å². The molecule has 3 nitrogen and oxygen atoms in total. The van der Waals surface area contributed by atoms with Gasteiger partial charge in [0.05, 0.1) is 4.90 Å². The molecule has 0 unspecified atom stereocenters. The molecule has 0 atom stereocenters. The largest absolute Gasteiger partial charge is 0.572 e. The summed E-state index contributed by atoms with van der Waals surface area (Å²) in [5.41, 5.74) is 0.389. The summed E-state index contributed by atoms with van der Waals surface area (Å²) in [7, 11) is -3.68. The van der Waals surface area contributed by atoms with E-state index in [1.807, 2.05) is 0 Å². The summed E-state index contributed by atoms with van der Waals surface area (Å²) < 4.78 is 29.4. The predicted octanol–water partition coefficient (Wildman–Crippen LogP) is 4.61. The van der Waals surface area contributed by atoms with Crippen LogP contribution in [-0.4, -0.2) is 8.42 Å². The fourth-order valence-electron chi connectivity index (χ4n) is 1.31. The van der Waals surface area contributed by atoms with Gasteiger partial charge in [0.15, 0.2) is 0 Å². The van der Waals surface area contributed by atoms with Gasteiger partial charge < -0.3 is 4.72 Å². The van der Waals surface area contributed by atoms with Gasteiger partial charge in [0, 0.05) is 8.95 Å². The highest BCUT2D eigenvalue weighted by Gasteiger charge is 2.05. The van der Waals surface area contributed by atoms with Crippen molar-refractivity contribution in [3.63, 3.8) is 0 Å². The number of nitrogens with zero attached hydrogens (tertiary/aromatic N) is 1. The second-order valence-electron chi connectivity index (χ2n) is 3.47. The van der Waals surface area contributed by atoms with E-state index >= 15 is 0 Å². The van der Waals surface area contributed by atoms with Crippen LogP contribution in [0.3, 0.4) is 0 Å². The smallest absolute Gasteiger partial charge is 0.123 e. The highest BCUT2D eigenvalue weighted by Crippen LogP contribution is 2.34. The fraction of sp³-hybridized carbons (Fsp3) is 0. The van der Waals surface area contributed by atoms with Gasteiger partial charge in [-0.15, -0.1) is 5.69 Å². The highest BCUT2D eigenvalue weighted by molar-refractivity contribution is 9.10. The summed E-state index contributed by atoms with van der Waals surface area (Å²) in [5.74, 6) is 0. The van der Waals surface area contributed by atoms with Crippen LogP contribution >= 0.6 is 31.9 Å². The van der Waals surface area contributed by atoms with E-state index in [1.54, 1.807) is 36.4 Å². The third-order valence-electron chi connectivity index (χ3n) is 2.18. The van der Waals surface area contributed by atoms with Gasteiger partial charge in [-0.05, 0) is 30.3 Å². The molecule has 2 aromatic rings. The van der Waals surface area contributed by atoms with Gasteiger partial charge in [-0.25, -0.2) is 8.42 Å². The average molecular weight is 390 g/mol. The van der Waals surface area contributed by atoms with E-state index in [-0.39, 0.29) is 4.90 Å². The maximum Gasteiger partial charge on any atom is 0.123 e. The first-order valence-electron chi connectivity index (χ1n) is 4.97. The van der Waals surface area contributed by atoms with Crippen molar-refractivity contribution in [3.8, 4) is 0 Å². The van der Waals surface area contributed by atoms with Gasteiger partial charge >= 0.3 is 0 Å². The minimum atomic E-state index is -3.68. The Morgan fingerprint density at radius 1 is 0.889 bits per heavy atom. The molecule has 0 heterocycles. The number of hydrogen-bond donors (Lipinski definition) is 0. The van der Waals surface area contributed by atoms with Crippen LogP contribution in [-0.2, 0) is 10.0 Å². The zero-order valence-corrected chi connectivity index (χ0v) is 13.0. The maximum atomic E-state index is 12.1. The summed E-state index contributed by atoms with van der Waals surface area (Å²) in [6.45, 7) is 0. The Morgan fingerprint density at radius 3 is 2.11 bits per heavy atom. The van der Waals surface area contributed by atoms with E-state index in [2.05, 4.69) is 36.6 Å². The van der Waals surface area contributed by atoms with Crippen LogP contribution in [0.25, 0.3) is 4.72 Å². The first-order chi connectivity index (χ1) is 8.49. The Labute approximate surface area is 123 Å². The van der Waals surface area contributed by atoms with Crippen LogP contribution in [0, 0.1) is 0 Å². The van der Waals surface area contributed by atoms with Crippen molar-refractivity contribution >= 4 is 47.6 Å². The van der Waals surface area contributed by atoms with Gasteiger partial charge in [0.25, 0.3) is 0 Å². The average Bonchev–Trinajstić information content (AvgIpc) is 2.32. The molecule has 6 heteroatoms. The zero-order valence-electron chi connectivity index (χ0n) is 9.05. The molecule has 0 amide bonds. The maximum absolute atomic E-state index is 12.1. The van der Waals surface area contributed by atoms with E-state index in [9.17, 15) is 8.42 Å². The van der Waals surface area contributed by atoms with E-state index in [4.69, 9.17) is 0 Å². The molecule has 0 aliphatic carbocycles. The Hall–Kier alpha value is -0.850. The van der Waals surface area contributed by atoms with Crippen molar-refractivity contribution in [2.75, 3.05) is 0 Å². The molecule has 0 saturated carbocycles. The molecule has 0 aliphatic rings.